The lowest BCUT2D eigenvalue weighted by atomic mass is 9.72. The highest BCUT2D eigenvalue weighted by atomic mass is 16.3. The molecule has 5 rings (SSSR count). The number of fused-ring (bicyclic) bond motifs is 1. The molecule has 6 nitrogen and oxygen atoms in total. The number of rotatable bonds is 4. The fourth-order valence-corrected chi connectivity index (χ4v) is 4.30. The van der Waals surface area contributed by atoms with Gasteiger partial charge in [0.1, 0.15) is 22.9 Å². The van der Waals surface area contributed by atoms with Crippen molar-refractivity contribution in [2.45, 2.75) is 31.3 Å². The molecule has 1 saturated carbocycles. The van der Waals surface area contributed by atoms with Crippen LogP contribution in [0, 0.1) is 0 Å². The number of aliphatic hydroxyl groups is 1. The van der Waals surface area contributed by atoms with Crippen molar-refractivity contribution in [2.24, 2.45) is 0 Å². The number of carbonyl (C=O) groups excluding carboxylic acids is 1. The van der Waals surface area contributed by atoms with Crippen LogP contribution in [0.15, 0.2) is 67.0 Å². The van der Waals surface area contributed by atoms with E-state index < -0.39 is 5.60 Å². The highest BCUT2D eigenvalue weighted by Crippen LogP contribution is 2.45. The average molecular weight is 398 g/mol. The van der Waals surface area contributed by atoms with E-state index in [9.17, 15) is 9.90 Å². The van der Waals surface area contributed by atoms with Gasteiger partial charge >= 0.3 is 0 Å². The van der Waals surface area contributed by atoms with E-state index in [1.54, 1.807) is 6.20 Å². The number of nitrogens with zero attached hydrogens (tertiary/aromatic N) is 3. The van der Waals surface area contributed by atoms with Crippen molar-refractivity contribution in [3.63, 3.8) is 0 Å². The van der Waals surface area contributed by atoms with E-state index in [4.69, 9.17) is 10.7 Å². The predicted octanol–water partition coefficient (Wildman–Crippen LogP) is 3.84. The first-order chi connectivity index (χ1) is 14.4. The maximum atomic E-state index is 12.7. The normalized spacial score (nSPS) is 20.8. The lowest BCUT2D eigenvalue weighted by Gasteiger charge is -2.40. The fraction of sp³-hybridized carbons (Fsp3) is 0.208. The Balaban J connectivity index is 1.54. The zero-order chi connectivity index (χ0) is 20.9. The van der Waals surface area contributed by atoms with Gasteiger partial charge in [-0.1, -0.05) is 54.6 Å². The highest BCUT2D eigenvalue weighted by molar-refractivity contribution is 6.09. The topological polar surface area (TPSA) is 93.5 Å². The molecular formula is C24H22N4O2. The number of benzene rings is 2. The molecule has 0 bridgehead atoms. The van der Waals surface area contributed by atoms with Crippen LogP contribution in [0.5, 0.6) is 0 Å². The maximum absolute atomic E-state index is 12.7. The van der Waals surface area contributed by atoms with Crippen molar-refractivity contribution >= 4 is 17.1 Å². The second-order valence-corrected chi connectivity index (χ2v) is 8.22. The smallest absolute Gasteiger partial charge is 0.193 e. The number of carbonyl (C=O) groups is 1. The Hall–Kier alpha value is -3.51. The lowest BCUT2D eigenvalue weighted by Crippen LogP contribution is -2.40. The van der Waals surface area contributed by atoms with E-state index in [0.717, 1.165) is 22.6 Å². The van der Waals surface area contributed by atoms with Gasteiger partial charge in [-0.05, 0) is 19.8 Å². The Kier molecular flexibility index (Phi) is 4.18. The highest BCUT2D eigenvalue weighted by Gasteiger charge is 2.41. The average Bonchev–Trinajstić information content (AvgIpc) is 3.13. The molecular weight excluding hydrogens is 376 g/mol. The first kappa shape index (κ1) is 18.5. The molecule has 6 heteroatoms. The van der Waals surface area contributed by atoms with Crippen LogP contribution >= 0.6 is 0 Å². The Labute approximate surface area is 174 Å². The third-order valence-electron chi connectivity index (χ3n) is 5.80. The molecule has 1 fully saturated rings. The van der Waals surface area contributed by atoms with E-state index in [2.05, 4.69) is 4.98 Å². The fourth-order valence-electron chi connectivity index (χ4n) is 4.30. The number of ketones is 1. The summed E-state index contributed by atoms with van der Waals surface area (Å²) in [5.41, 5.74) is 9.19. The Bertz CT molecular complexity index is 1240. The molecule has 2 aromatic heterocycles. The Morgan fingerprint density at radius 3 is 2.43 bits per heavy atom. The predicted molar refractivity (Wildman–Crippen MR) is 115 cm³/mol. The molecule has 2 aromatic carbocycles. The summed E-state index contributed by atoms with van der Waals surface area (Å²) in [5, 5.41) is 10.2. The number of hydrogen-bond donors (Lipinski definition) is 2. The molecule has 4 aromatic rings. The molecule has 0 unspecified atom stereocenters. The van der Waals surface area contributed by atoms with Crippen LogP contribution in [0.4, 0.5) is 5.82 Å². The molecule has 0 radical (unpaired) electrons. The van der Waals surface area contributed by atoms with Crippen molar-refractivity contribution in [2.75, 3.05) is 5.73 Å². The number of anilines is 1. The minimum Gasteiger partial charge on any atom is -0.390 e. The summed E-state index contributed by atoms with van der Waals surface area (Å²) >= 11 is 0. The zero-order valence-electron chi connectivity index (χ0n) is 16.6. The van der Waals surface area contributed by atoms with Crippen LogP contribution in [0.3, 0.4) is 0 Å². The molecule has 0 atom stereocenters. The number of imidazole rings is 1. The van der Waals surface area contributed by atoms with Crippen LogP contribution in [0.1, 0.15) is 47.4 Å². The molecule has 30 heavy (non-hydrogen) atoms. The number of hydrogen-bond acceptors (Lipinski definition) is 5. The van der Waals surface area contributed by atoms with Gasteiger partial charge in [-0.2, -0.15) is 0 Å². The first-order valence-electron chi connectivity index (χ1n) is 9.98. The minimum atomic E-state index is -0.644. The first-order valence-corrected chi connectivity index (χ1v) is 9.98. The second kappa shape index (κ2) is 6.78. The number of nitrogen functional groups attached to an aromatic ring is 1. The quantitative estimate of drug-likeness (QED) is 0.510. The summed E-state index contributed by atoms with van der Waals surface area (Å²) < 4.78 is 1.97. The molecule has 1 aliphatic carbocycles. The molecule has 0 aliphatic heterocycles. The van der Waals surface area contributed by atoms with E-state index in [1.165, 1.54) is 0 Å². The van der Waals surface area contributed by atoms with Crippen LogP contribution in [-0.4, -0.2) is 30.9 Å². The SMILES string of the molecule is C[C@]1(O)C[C@H](c2nc(-c3ccc(C(=O)c4ccccc4)cc3)c3c(N)nccn32)C1. The third kappa shape index (κ3) is 3.06. The van der Waals surface area contributed by atoms with E-state index in [1.807, 2.05) is 72.1 Å². The molecule has 1 aliphatic rings. The van der Waals surface area contributed by atoms with Gasteiger partial charge in [0.15, 0.2) is 5.78 Å². The van der Waals surface area contributed by atoms with Gasteiger partial charge in [-0.3, -0.25) is 9.20 Å². The molecule has 2 heterocycles. The van der Waals surface area contributed by atoms with Gasteiger partial charge in [0.05, 0.1) is 5.60 Å². The van der Waals surface area contributed by atoms with Crippen molar-refractivity contribution in [1.82, 2.24) is 14.4 Å². The monoisotopic (exact) mass is 398 g/mol. The Morgan fingerprint density at radius 2 is 1.77 bits per heavy atom. The number of aromatic nitrogens is 3. The van der Waals surface area contributed by atoms with E-state index in [-0.39, 0.29) is 11.7 Å². The van der Waals surface area contributed by atoms with Crippen LogP contribution in [-0.2, 0) is 0 Å². The molecule has 0 saturated heterocycles. The Morgan fingerprint density at radius 1 is 1.10 bits per heavy atom. The summed E-state index contributed by atoms with van der Waals surface area (Å²) in [6.45, 7) is 1.85. The summed E-state index contributed by atoms with van der Waals surface area (Å²) in [6, 6.07) is 16.6. The van der Waals surface area contributed by atoms with Crippen LogP contribution in [0.2, 0.25) is 0 Å². The summed E-state index contributed by atoms with van der Waals surface area (Å²) in [4.78, 5) is 21.8. The third-order valence-corrected chi connectivity index (χ3v) is 5.80. The minimum absolute atomic E-state index is 0.0181. The van der Waals surface area contributed by atoms with Gasteiger partial charge in [0.25, 0.3) is 0 Å². The maximum Gasteiger partial charge on any atom is 0.193 e. The van der Waals surface area contributed by atoms with Gasteiger partial charge in [0.2, 0.25) is 0 Å². The zero-order valence-corrected chi connectivity index (χ0v) is 16.6. The standard InChI is InChI=1S/C24H22N4O2/c1-24(30)13-18(14-24)23-27-19(20-22(25)26-11-12-28(20)23)15-7-9-17(10-8-15)21(29)16-5-3-2-4-6-16/h2-12,18,30H,13-14H2,1H3,(H2,25,26)/t18-,24-. The van der Waals surface area contributed by atoms with Crippen LogP contribution < -0.4 is 5.73 Å². The summed E-state index contributed by atoms with van der Waals surface area (Å²) in [5.74, 6) is 1.43. The van der Waals surface area contributed by atoms with Gasteiger partial charge < -0.3 is 10.8 Å². The van der Waals surface area contributed by atoms with E-state index in [0.29, 0.717) is 29.8 Å². The lowest BCUT2D eigenvalue weighted by molar-refractivity contribution is -0.0335. The molecule has 3 N–H and O–H groups in total. The largest absolute Gasteiger partial charge is 0.390 e. The molecule has 0 amide bonds. The number of nitrogens with two attached hydrogens (primary N) is 1. The molecule has 0 spiro atoms. The molecule has 150 valence electrons. The van der Waals surface area contributed by atoms with Gasteiger partial charge in [-0.25, -0.2) is 9.97 Å². The van der Waals surface area contributed by atoms with Crippen molar-refractivity contribution in [3.8, 4) is 11.3 Å². The van der Waals surface area contributed by atoms with Crippen molar-refractivity contribution in [3.05, 3.63) is 83.9 Å². The summed E-state index contributed by atoms with van der Waals surface area (Å²) in [7, 11) is 0. The van der Waals surface area contributed by atoms with Crippen LogP contribution in [0.25, 0.3) is 16.8 Å². The van der Waals surface area contributed by atoms with Gasteiger partial charge in [-0.15, -0.1) is 0 Å². The van der Waals surface area contributed by atoms with Crippen molar-refractivity contribution in [1.29, 1.82) is 0 Å². The second-order valence-electron chi connectivity index (χ2n) is 8.22. The van der Waals surface area contributed by atoms with Crippen molar-refractivity contribution < 1.29 is 9.90 Å². The van der Waals surface area contributed by atoms with E-state index >= 15 is 0 Å². The summed E-state index contributed by atoms with van der Waals surface area (Å²) in [6.07, 6.45) is 4.85. The van der Waals surface area contributed by atoms with Gasteiger partial charge in [0, 0.05) is 35.0 Å².